The van der Waals surface area contributed by atoms with E-state index in [4.69, 9.17) is 15.3 Å². The maximum atomic E-state index is 11.8. The van der Waals surface area contributed by atoms with Crippen LogP contribution in [0.5, 0.6) is 0 Å². The summed E-state index contributed by atoms with van der Waals surface area (Å²) in [5.41, 5.74) is 5.70. The van der Waals surface area contributed by atoms with E-state index in [0.717, 1.165) is 0 Å². The van der Waals surface area contributed by atoms with E-state index in [0.29, 0.717) is 18.1 Å². The minimum atomic E-state index is -0.699. The molecule has 1 amide bonds. The number of carbonyl (C=O) groups is 2. The van der Waals surface area contributed by atoms with E-state index >= 15 is 0 Å². The standard InChI is InChI=1S/C11H14N4O4S/c1-2-18-10(17)8(6-5-20-11(12)14-6)15-19-7-3-4-13-9(7)16/h5,7H,2-4H2,1H3,(H2,12,14)(H,13,16)/b15-8-/t7-/m0/s1. The average molecular weight is 298 g/mol. The molecule has 0 radical (unpaired) electrons. The highest BCUT2D eigenvalue weighted by Crippen LogP contribution is 2.14. The van der Waals surface area contributed by atoms with E-state index in [1.54, 1.807) is 12.3 Å². The Balaban J connectivity index is 2.17. The first-order valence-corrected chi connectivity index (χ1v) is 6.89. The molecule has 20 heavy (non-hydrogen) atoms. The number of nitrogens with zero attached hydrogens (tertiary/aromatic N) is 2. The van der Waals surface area contributed by atoms with Crippen LogP contribution < -0.4 is 11.1 Å². The molecule has 1 atom stereocenters. The molecular weight excluding hydrogens is 284 g/mol. The normalized spacial score (nSPS) is 18.8. The van der Waals surface area contributed by atoms with E-state index in [1.165, 1.54) is 11.3 Å². The van der Waals surface area contributed by atoms with Gasteiger partial charge in [-0.2, -0.15) is 0 Å². The summed E-state index contributed by atoms with van der Waals surface area (Å²) in [6, 6.07) is 0. The van der Waals surface area contributed by atoms with Crippen LogP contribution in [0.2, 0.25) is 0 Å². The molecule has 2 heterocycles. The summed E-state index contributed by atoms with van der Waals surface area (Å²) in [6.07, 6.45) is -0.201. The molecular formula is C11H14N4O4S. The summed E-state index contributed by atoms with van der Waals surface area (Å²) in [7, 11) is 0. The van der Waals surface area contributed by atoms with Crippen LogP contribution in [-0.4, -0.2) is 41.8 Å². The van der Waals surface area contributed by atoms with Crippen LogP contribution in [0.4, 0.5) is 5.13 Å². The second-order valence-electron chi connectivity index (χ2n) is 3.91. The van der Waals surface area contributed by atoms with Crippen LogP contribution in [0.3, 0.4) is 0 Å². The summed E-state index contributed by atoms with van der Waals surface area (Å²) in [5.74, 6) is -0.925. The zero-order chi connectivity index (χ0) is 14.5. The van der Waals surface area contributed by atoms with Crippen molar-refractivity contribution in [1.29, 1.82) is 0 Å². The quantitative estimate of drug-likeness (QED) is 0.445. The number of hydrogen-bond acceptors (Lipinski definition) is 8. The average Bonchev–Trinajstić information content (AvgIpc) is 3.00. The van der Waals surface area contributed by atoms with Crippen molar-refractivity contribution in [1.82, 2.24) is 10.3 Å². The Hall–Kier alpha value is -2.16. The highest BCUT2D eigenvalue weighted by atomic mass is 32.1. The van der Waals surface area contributed by atoms with Gasteiger partial charge in [-0.3, -0.25) is 4.79 Å². The molecule has 1 saturated heterocycles. The topological polar surface area (TPSA) is 116 Å². The zero-order valence-corrected chi connectivity index (χ0v) is 11.6. The number of hydrogen-bond donors (Lipinski definition) is 2. The highest BCUT2D eigenvalue weighted by molar-refractivity contribution is 7.13. The minimum absolute atomic E-state index is 0.0977. The predicted molar refractivity (Wildman–Crippen MR) is 72.2 cm³/mol. The molecule has 1 fully saturated rings. The van der Waals surface area contributed by atoms with Crippen molar-refractivity contribution < 1.29 is 19.2 Å². The lowest BCUT2D eigenvalue weighted by molar-refractivity contribution is -0.136. The van der Waals surface area contributed by atoms with Crippen molar-refractivity contribution in [2.45, 2.75) is 19.4 Å². The molecule has 0 unspecified atom stereocenters. The SMILES string of the molecule is CCOC(=O)/C(=N\O[C@H]1CCNC1=O)c1csc(N)n1. The maximum Gasteiger partial charge on any atom is 0.362 e. The second-order valence-corrected chi connectivity index (χ2v) is 4.79. The van der Waals surface area contributed by atoms with Gasteiger partial charge in [0.1, 0.15) is 5.69 Å². The van der Waals surface area contributed by atoms with Crippen molar-refractivity contribution in [3.63, 3.8) is 0 Å². The van der Waals surface area contributed by atoms with Crippen LogP contribution in [0, 0.1) is 0 Å². The smallest absolute Gasteiger partial charge is 0.362 e. The number of nitrogens with two attached hydrogens (primary N) is 1. The first-order valence-electron chi connectivity index (χ1n) is 6.01. The highest BCUT2D eigenvalue weighted by Gasteiger charge is 2.27. The third-order valence-electron chi connectivity index (χ3n) is 2.50. The summed E-state index contributed by atoms with van der Waals surface area (Å²) in [4.78, 5) is 32.3. The summed E-state index contributed by atoms with van der Waals surface area (Å²) in [5, 5.41) is 8.21. The number of aromatic nitrogens is 1. The van der Waals surface area contributed by atoms with Gasteiger partial charge in [-0.25, -0.2) is 9.78 Å². The molecule has 1 aliphatic heterocycles. The molecule has 1 aromatic heterocycles. The lowest BCUT2D eigenvalue weighted by Gasteiger charge is -2.07. The Morgan fingerprint density at radius 1 is 1.70 bits per heavy atom. The number of amides is 1. The van der Waals surface area contributed by atoms with E-state index in [9.17, 15) is 9.59 Å². The van der Waals surface area contributed by atoms with Gasteiger partial charge in [0.2, 0.25) is 11.8 Å². The molecule has 0 bridgehead atoms. The summed E-state index contributed by atoms with van der Waals surface area (Å²) >= 11 is 1.17. The summed E-state index contributed by atoms with van der Waals surface area (Å²) < 4.78 is 4.88. The Bertz CT molecular complexity index is 542. The number of oxime groups is 1. The van der Waals surface area contributed by atoms with Gasteiger partial charge in [-0.05, 0) is 6.92 Å². The van der Waals surface area contributed by atoms with Crippen molar-refractivity contribution >= 4 is 34.1 Å². The van der Waals surface area contributed by atoms with E-state index in [-0.39, 0.29) is 23.9 Å². The number of thiazole rings is 1. The molecule has 3 N–H and O–H groups in total. The monoisotopic (exact) mass is 298 g/mol. The van der Waals surface area contributed by atoms with Crippen molar-refractivity contribution in [2.75, 3.05) is 18.9 Å². The molecule has 1 aliphatic rings. The number of carbonyl (C=O) groups excluding carboxylic acids is 2. The number of rotatable bonds is 5. The zero-order valence-electron chi connectivity index (χ0n) is 10.8. The van der Waals surface area contributed by atoms with E-state index < -0.39 is 12.1 Å². The van der Waals surface area contributed by atoms with Crippen LogP contribution >= 0.6 is 11.3 Å². The molecule has 8 nitrogen and oxygen atoms in total. The van der Waals surface area contributed by atoms with Gasteiger partial charge in [0, 0.05) is 18.3 Å². The van der Waals surface area contributed by atoms with Gasteiger partial charge in [0.05, 0.1) is 6.61 Å². The van der Waals surface area contributed by atoms with Crippen molar-refractivity contribution in [3.05, 3.63) is 11.1 Å². The Morgan fingerprint density at radius 2 is 2.50 bits per heavy atom. The van der Waals surface area contributed by atoms with Gasteiger partial charge in [-0.15, -0.1) is 11.3 Å². The predicted octanol–water partition coefficient (Wildman–Crippen LogP) is -0.102. The van der Waals surface area contributed by atoms with Gasteiger partial charge >= 0.3 is 5.97 Å². The second kappa shape index (κ2) is 6.33. The molecule has 0 aliphatic carbocycles. The fourth-order valence-corrected chi connectivity index (χ4v) is 2.12. The van der Waals surface area contributed by atoms with Gasteiger partial charge in [0.15, 0.2) is 5.13 Å². The van der Waals surface area contributed by atoms with Crippen molar-refractivity contribution in [2.24, 2.45) is 5.16 Å². The van der Waals surface area contributed by atoms with Crippen LogP contribution in [0.15, 0.2) is 10.5 Å². The first kappa shape index (κ1) is 14.3. The van der Waals surface area contributed by atoms with Gasteiger partial charge < -0.3 is 20.6 Å². The minimum Gasteiger partial charge on any atom is -0.461 e. The number of ether oxygens (including phenoxy) is 1. The van der Waals surface area contributed by atoms with Gasteiger partial charge in [-0.1, -0.05) is 5.16 Å². The lowest BCUT2D eigenvalue weighted by Crippen LogP contribution is -2.26. The molecule has 0 spiro atoms. The molecule has 108 valence electrons. The molecule has 2 rings (SSSR count). The number of nitrogens with one attached hydrogen (secondary N) is 1. The third kappa shape index (κ3) is 3.23. The fourth-order valence-electron chi connectivity index (χ4n) is 1.57. The third-order valence-corrected chi connectivity index (χ3v) is 3.18. The van der Waals surface area contributed by atoms with E-state index in [1.807, 2.05) is 0 Å². The van der Waals surface area contributed by atoms with Crippen LogP contribution in [0.1, 0.15) is 19.0 Å². The molecule has 0 saturated carbocycles. The van der Waals surface area contributed by atoms with Crippen LogP contribution in [0.25, 0.3) is 0 Å². The first-order chi connectivity index (χ1) is 9.61. The number of nitrogen functional groups attached to an aromatic ring is 1. The number of esters is 1. The van der Waals surface area contributed by atoms with Crippen molar-refractivity contribution in [3.8, 4) is 0 Å². The van der Waals surface area contributed by atoms with E-state index in [2.05, 4.69) is 15.5 Å². The number of anilines is 1. The van der Waals surface area contributed by atoms with Gasteiger partial charge in [0.25, 0.3) is 5.91 Å². The maximum absolute atomic E-state index is 11.8. The Kier molecular flexibility index (Phi) is 4.51. The fraction of sp³-hybridized carbons (Fsp3) is 0.455. The largest absolute Gasteiger partial charge is 0.461 e. The Labute approximate surface area is 118 Å². The lowest BCUT2D eigenvalue weighted by atomic mass is 10.3. The summed E-state index contributed by atoms with van der Waals surface area (Å²) in [6.45, 7) is 2.40. The molecule has 0 aromatic carbocycles. The molecule has 1 aromatic rings. The molecule has 9 heteroatoms. The Morgan fingerprint density at radius 3 is 3.05 bits per heavy atom. The van der Waals surface area contributed by atoms with Crippen LogP contribution in [-0.2, 0) is 19.2 Å².